The van der Waals surface area contributed by atoms with E-state index in [9.17, 15) is 18.0 Å². The normalized spacial score (nSPS) is 20.9. The zero-order chi connectivity index (χ0) is 28.0. The first kappa shape index (κ1) is 32.5. The molecule has 12 heteroatoms. The van der Waals surface area contributed by atoms with E-state index in [4.69, 9.17) is 12.2 Å². The zero-order valence-corrected chi connectivity index (χ0v) is 26.7. The third kappa shape index (κ3) is 9.76. The predicted molar refractivity (Wildman–Crippen MR) is 161 cm³/mol. The fourth-order valence-electron chi connectivity index (χ4n) is 4.53. The second kappa shape index (κ2) is 14.1. The molecule has 2 heterocycles. The molecular formula is C25H46N4O4S4. The largest absolute Gasteiger partial charge is 0.325 e. The third-order valence-electron chi connectivity index (χ3n) is 7.09. The summed E-state index contributed by atoms with van der Waals surface area (Å²) in [6.45, 7) is 15.9. The van der Waals surface area contributed by atoms with E-state index in [1.54, 1.807) is 14.7 Å². The standard InChI is InChI=1S/C25H46N4O4S4/c1-7-26-16-20(34)28(22(26)30)18-24(3,4)10-14-36(32)12-9-13-37(33)15-11-25(5,6)19-29-21(35)17-27(8-2)23(29)31/h20,34H,7-19H2,1-6H3. The Morgan fingerprint density at radius 3 is 1.84 bits per heavy atom. The maximum Gasteiger partial charge on any atom is 0.325 e. The molecule has 0 spiro atoms. The van der Waals surface area contributed by atoms with Crippen molar-refractivity contribution in [3.8, 4) is 0 Å². The van der Waals surface area contributed by atoms with Gasteiger partial charge in [0.25, 0.3) is 0 Å². The number of rotatable bonds is 16. The van der Waals surface area contributed by atoms with Crippen LogP contribution in [0.25, 0.3) is 0 Å². The number of nitrogens with zero attached hydrogens (tertiary/aromatic N) is 4. The molecule has 4 amide bonds. The van der Waals surface area contributed by atoms with Gasteiger partial charge in [0.1, 0.15) is 4.99 Å². The second-order valence-electron chi connectivity index (χ2n) is 11.6. The number of hydrogen-bond acceptors (Lipinski definition) is 6. The first-order valence-electron chi connectivity index (χ1n) is 13.2. The van der Waals surface area contributed by atoms with E-state index >= 15 is 0 Å². The van der Waals surface area contributed by atoms with Gasteiger partial charge in [-0.2, -0.15) is 12.6 Å². The number of amides is 4. The number of likely N-dealkylation sites (N-methyl/N-ethyl adjacent to an activating group) is 2. The Hall–Kier alpha value is -0.720. The predicted octanol–water partition coefficient (Wildman–Crippen LogP) is 3.80. The van der Waals surface area contributed by atoms with Crippen molar-refractivity contribution in [3.05, 3.63) is 0 Å². The maximum absolute atomic E-state index is 12.6. The first-order chi connectivity index (χ1) is 17.2. The average Bonchev–Trinajstić information content (AvgIpc) is 3.25. The van der Waals surface area contributed by atoms with Crippen LogP contribution in [0, 0.1) is 10.8 Å². The number of hydrogen-bond donors (Lipinski definition) is 1. The lowest BCUT2D eigenvalue weighted by Gasteiger charge is -2.31. The molecule has 0 aromatic carbocycles. The SMILES string of the molecule is CCN1CC(=S)N(CC(C)(C)CCS(=O)CCCS(=O)CCC(C)(C)CN2C(=O)N(CC)CC2S)C1=O. The van der Waals surface area contributed by atoms with Crippen LogP contribution < -0.4 is 0 Å². The van der Waals surface area contributed by atoms with Crippen molar-refractivity contribution < 1.29 is 18.0 Å². The Kier molecular flexibility index (Phi) is 12.4. The Morgan fingerprint density at radius 2 is 1.38 bits per heavy atom. The molecule has 0 aromatic heterocycles. The fourth-order valence-corrected chi connectivity index (χ4v) is 8.29. The van der Waals surface area contributed by atoms with Gasteiger partial charge in [0.15, 0.2) is 0 Å². The van der Waals surface area contributed by atoms with Crippen LogP contribution in [-0.4, -0.2) is 113 Å². The number of carbonyl (C=O) groups excluding carboxylic acids is 2. The molecule has 0 aliphatic carbocycles. The lowest BCUT2D eigenvalue weighted by molar-refractivity contribution is 0.168. The molecule has 0 N–H and O–H groups in total. The minimum absolute atomic E-state index is 0.0278. The number of carbonyl (C=O) groups is 2. The average molecular weight is 595 g/mol. The molecule has 2 aliphatic heterocycles. The van der Waals surface area contributed by atoms with Gasteiger partial charge in [0, 0.05) is 70.8 Å². The van der Waals surface area contributed by atoms with Crippen LogP contribution in [0.1, 0.15) is 60.8 Å². The van der Waals surface area contributed by atoms with Crippen LogP contribution in [0.3, 0.4) is 0 Å². The molecular weight excluding hydrogens is 549 g/mol. The van der Waals surface area contributed by atoms with Crippen LogP contribution in [-0.2, 0) is 21.6 Å². The summed E-state index contributed by atoms with van der Waals surface area (Å²) in [6, 6.07) is -0.00669. The van der Waals surface area contributed by atoms with E-state index in [1.165, 1.54) is 0 Å². The molecule has 214 valence electrons. The summed E-state index contributed by atoms with van der Waals surface area (Å²) < 4.78 is 25.2. The highest BCUT2D eigenvalue weighted by Gasteiger charge is 2.38. The molecule has 0 saturated carbocycles. The zero-order valence-electron chi connectivity index (χ0n) is 23.4. The molecule has 2 saturated heterocycles. The Bertz CT molecular complexity index is 883. The van der Waals surface area contributed by atoms with E-state index in [0.717, 1.165) is 12.8 Å². The molecule has 3 atom stereocenters. The number of thiocarbonyl (C=S) groups is 1. The topological polar surface area (TPSA) is 81.2 Å². The summed E-state index contributed by atoms with van der Waals surface area (Å²) in [6.07, 6.45) is 2.14. The molecule has 8 nitrogen and oxygen atoms in total. The van der Waals surface area contributed by atoms with E-state index in [-0.39, 0.29) is 28.3 Å². The lowest BCUT2D eigenvalue weighted by Crippen LogP contribution is -2.40. The second-order valence-corrected chi connectivity index (χ2v) is 16.0. The maximum atomic E-state index is 12.6. The molecule has 2 fully saturated rings. The van der Waals surface area contributed by atoms with Gasteiger partial charge in [0.2, 0.25) is 0 Å². The monoisotopic (exact) mass is 594 g/mol. The van der Waals surface area contributed by atoms with E-state index in [1.807, 2.05) is 18.7 Å². The molecule has 0 aromatic rings. The fraction of sp³-hybridized carbons (Fsp3) is 0.880. The number of thiol groups is 1. The number of urea groups is 2. The lowest BCUT2D eigenvalue weighted by atomic mass is 9.89. The van der Waals surface area contributed by atoms with Crippen molar-refractivity contribution in [2.75, 3.05) is 62.3 Å². The smallest absolute Gasteiger partial charge is 0.322 e. The summed E-state index contributed by atoms with van der Waals surface area (Å²) >= 11 is 9.97. The van der Waals surface area contributed by atoms with Crippen LogP contribution >= 0.6 is 24.8 Å². The van der Waals surface area contributed by atoms with E-state index in [0.29, 0.717) is 73.7 Å². The third-order valence-corrected chi connectivity index (χ3v) is 10.7. The van der Waals surface area contributed by atoms with Crippen molar-refractivity contribution in [1.29, 1.82) is 0 Å². The Labute approximate surface area is 239 Å². The molecule has 0 radical (unpaired) electrons. The quantitative estimate of drug-likeness (QED) is 0.217. The van der Waals surface area contributed by atoms with Crippen molar-refractivity contribution in [1.82, 2.24) is 19.6 Å². The highest BCUT2D eigenvalue weighted by molar-refractivity contribution is 7.85. The minimum atomic E-state index is -0.987. The first-order valence-corrected chi connectivity index (χ1v) is 17.1. The van der Waals surface area contributed by atoms with Crippen LogP contribution in [0.15, 0.2) is 0 Å². The van der Waals surface area contributed by atoms with Crippen molar-refractivity contribution in [2.24, 2.45) is 10.8 Å². The highest BCUT2D eigenvalue weighted by atomic mass is 32.2. The highest BCUT2D eigenvalue weighted by Crippen LogP contribution is 2.28. The van der Waals surface area contributed by atoms with Crippen LogP contribution in [0.4, 0.5) is 9.59 Å². The van der Waals surface area contributed by atoms with E-state index < -0.39 is 21.6 Å². The Balaban J connectivity index is 1.67. The van der Waals surface area contributed by atoms with Crippen LogP contribution in [0.5, 0.6) is 0 Å². The van der Waals surface area contributed by atoms with Crippen molar-refractivity contribution >= 4 is 63.5 Å². The molecule has 3 unspecified atom stereocenters. The molecule has 0 bridgehead atoms. The Morgan fingerprint density at radius 1 is 0.865 bits per heavy atom. The van der Waals surface area contributed by atoms with Gasteiger partial charge in [-0.05, 0) is 43.9 Å². The van der Waals surface area contributed by atoms with Gasteiger partial charge in [-0.15, -0.1) is 0 Å². The van der Waals surface area contributed by atoms with Gasteiger partial charge in [-0.25, -0.2) is 9.59 Å². The summed E-state index contributed by atoms with van der Waals surface area (Å²) in [5.41, 5.74) is -0.345. The summed E-state index contributed by atoms with van der Waals surface area (Å²) in [5, 5.41) is -0.101. The van der Waals surface area contributed by atoms with Gasteiger partial charge in [-0.1, -0.05) is 39.9 Å². The van der Waals surface area contributed by atoms with Gasteiger partial charge in [0.05, 0.1) is 18.5 Å². The summed E-state index contributed by atoms with van der Waals surface area (Å²) in [7, 11) is -1.97. The van der Waals surface area contributed by atoms with E-state index in [2.05, 4.69) is 40.3 Å². The van der Waals surface area contributed by atoms with Gasteiger partial charge >= 0.3 is 12.1 Å². The minimum Gasteiger partial charge on any atom is -0.322 e. The van der Waals surface area contributed by atoms with Crippen LogP contribution in [0.2, 0.25) is 0 Å². The molecule has 2 rings (SSSR count). The van der Waals surface area contributed by atoms with Crippen molar-refractivity contribution in [3.63, 3.8) is 0 Å². The van der Waals surface area contributed by atoms with Crippen molar-refractivity contribution in [2.45, 2.75) is 66.2 Å². The van der Waals surface area contributed by atoms with Gasteiger partial charge < -0.3 is 14.7 Å². The molecule has 2 aliphatic rings. The van der Waals surface area contributed by atoms with Gasteiger partial charge in [-0.3, -0.25) is 13.3 Å². The molecule has 37 heavy (non-hydrogen) atoms. The summed E-state index contributed by atoms with van der Waals surface area (Å²) in [5.74, 6) is 2.20. The summed E-state index contributed by atoms with van der Waals surface area (Å²) in [4.78, 5) is 32.7.